The largest absolute Gasteiger partial charge is 0.462 e. The van der Waals surface area contributed by atoms with Crippen molar-refractivity contribution in [3.63, 3.8) is 0 Å². The second-order valence-corrected chi connectivity index (χ2v) is 17.8. The maximum absolute atomic E-state index is 12.7. The number of rotatable bonds is 48. The normalized spacial score (nSPS) is 12.9. The fourth-order valence-corrected chi connectivity index (χ4v) is 7.21. The topological polar surface area (TPSA) is 78.9 Å². The summed E-state index contributed by atoms with van der Waals surface area (Å²) in [6.07, 6.45) is 74.0. The third-order valence-corrected chi connectivity index (χ3v) is 11.3. The molecule has 0 rings (SSSR count). The lowest BCUT2D eigenvalue weighted by atomic mass is 10.0. The molecule has 0 radical (unpaired) electrons. The van der Waals surface area contributed by atoms with E-state index >= 15 is 0 Å². The first kappa shape index (κ1) is 63.1. The second-order valence-electron chi connectivity index (χ2n) is 17.8. The predicted molar refractivity (Wildman–Crippen MR) is 288 cm³/mol. The number of carbonyl (C=O) groups is 3. The fourth-order valence-electron chi connectivity index (χ4n) is 7.21. The Hall–Kier alpha value is -3.93. The number of hydrogen-bond acceptors (Lipinski definition) is 6. The van der Waals surface area contributed by atoms with Gasteiger partial charge >= 0.3 is 17.9 Å². The molecule has 0 amide bonds. The molecule has 0 spiro atoms. The Morgan fingerprint density at radius 1 is 0.313 bits per heavy atom. The minimum atomic E-state index is -0.796. The first-order chi connectivity index (χ1) is 33.0. The molecule has 0 aliphatic rings. The summed E-state index contributed by atoms with van der Waals surface area (Å²) >= 11 is 0. The van der Waals surface area contributed by atoms with Crippen LogP contribution in [0.1, 0.15) is 239 Å². The van der Waals surface area contributed by atoms with E-state index in [4.69, 9.17) is 14.2 Å². The van der Waals surface area contributed by atoms with Crippen molar-refractivity contribution in [3.8, 4) is 0 Å². The first-order valence-electron chi connectivity index (χ1n) is 27.4. The highest BCUT2D eigenvalue weighted by molar-refractivity contribution is 5.71. The van der Waals surface area contributed by atoms with Gasteiger partial charge in [0.1, 0.15) is 13.2 Å². The highest BCUT2D eigenvalue weighted by Crippen LogP contribution is 2.15. The van der Waals surface area contributed by atoms with Crippen molar-refractivity contribution in [3.05, 3.63) is 109 Å². The summed E-state index contributed by atoms with van der Waals surface area (Å²) in [5, 5.41) is 0. The molecule has 0 aromatic carbocycles. The van der Waals surface area contributed by atoms with Gasteiger partial charge in [0, 0.05) is 19.3 Å². The number of esters is 3. The van der Waals surface area contributed by atoms with Crippen LogP contribution in [0.4, 0.5) is 0 Å². The summed E-state index contributed by atoms with van der Waals surface area (Å²) in [5.74, 6) is -0.969. The Morgan fingerprint density at radius 3 is 0.910 bits per heavy atom. The average Bonchev–Trinajstić information content (AvgIpc) is 3.33. The predicted octanol–water partition coefficient (Wildman–Crippen LogP) is 18.3. The molecule has 0 N–H and O–H groups in total. The number of unbranched alkanes of at least 4 members (excludes halogenated alkanes) is 19. The van der Waals surface area contributed by atoms with E-state index in [1.54, 1.807) is 0 Å². The molecule has 0 saturated heterocycles. The van der Waals surface area contributed by atoms with Crippen molar-refractivity contribution in [1.29, 1.82) is 0 Å². The molecular weight excluding hydrogens is 829 g/mol. The Kier molecular flexibility index (Phi) is 51.5. The maximum atomic E-state index is 12.7. The van der Waals surface area contributed by atoms with E-state index in [0.29, 0.717) is 19.3 Å². The van der Waals surface area contributed by atoms with Gasteiger partial charge in [-0.15, -0.1) is 0 Å². The molecule has 6 heteroatoms. The number of allylic oxidation sites excluding steroid dienone is 18. The van der Waals surface area contributed by atoms with E-state index in [0.717, 1.165) is 103 Å². The van der Waals surface area contributed by atoms with Crippen LogP contribution in [0.3, 0.4) is 0 Å². The molecule has 0 saturated carbocycles. The van der Waals surface area contributed by atoms with E-state index in [2.05, 4.69) is 130 Å². The van der Waals surface area contributed by atoms with Gasteiger partial charge in [0.05, 0.1) is 0 Å². The van der Waals surface area contributed by atoms with Crippen molar-refractivity contribution < 1.29 is 28.6 Å². The van der Waals surface area contributed by atoms with Crippen molar-refractivity contribution in [1.82, 2.24) is 0 Å². The lowest BCUT2D eigenvalue weighted by Crippen LogP contribution is -2.30. The number of carbonyl (C=O) groups excluding carboxylic acids is 3. The lowest BCUT2D eigenvalue weighted by Gasteiger charge is -2.18. The quantitative estimate of drug-likeness (QED) is 0.0262. The molecule has 0 heterocycles. The Balaban J connectivity index is 4.26. The monoisotopic (exact) mass is 929 g/mol. The van der Waals surface area contributed by atoms with Gasteiger partial charge < -0.3 is 14.2 Å². The van der Waals surface area contributed by atoms with Crippen molar-refractivity contribution in [2.45, 2.75) is 245 Å². The summed E-state index contributed by atoms with van der Waals surface area (Å²) in [7, 11) is 0. The van der Waals surface area contributed by atoms with Crippen molar-refractivity contribution >= 4 is 17.9 Å². The van der Waals surface area contributed by atoms with Crippen molar-refractivity contribution in [2.75, 3.05) is 13.2 Å². The molecule has 1 unspecified atom stereocenters. The zero-order chi connectivity index (χ0) is 48.6. The SMILES string of the molecule is CC/C=C\C/C=C\C/C=C\C/C=C\C/C=C\C/C=C\C/C=C\C/C=C\C/C=C\CCCC(=O)OCC(COC(=O)CCCCCCCC)OC(=O)CCCCCCCCCCCCCCCC. The average molecular weight is 929 g/mol. The maximum Gasteiger partial charge on any atom is 0.306 e. The van der Waals surface area contributed by atoms with Crippen LogP contribution in [0.25, 0.3) is 0 Å². The van der Waals surface area contributed by atoms with E-state index < -0.39 is 6.10 Å². The third kappa shape index (κ3) is 52.9. The zero-order valence-corrected chi connectivity index (χ0v) is 43.4. The Labute approximate surface area is 412 Å². The van der Waals surface area contributed by atoms with Crippen LogP contribution in [0.15, 0.2) is 109 Å². The molecule has 0 bridgehead atoms. The molecule has 0 aromatic rings. The van der Waals surface area contributed by atoms with Gasteiger partial charge in [0.2, 0.25) is 0 Å². The minimum absolute atomic E-state index is 0.0953. The van der Waals surface area contributed by atoms with Gasteiger partial charge in [-0.1, -0.05) is 246 Å². The van der Waals surface area contributed by atoms with Gasteiger partial charge in [-0.2, -0.15) is 0 Å². The highest BCUT2D eigenvalue weighted by atomic mass is 16.6. The minimum Gasteiger partial charge on any atom is -0.462 e. The molecule has 0 aliphatic heterocycles. The van der Waals surface area contributed by atoms with E-state index in [1.807, 2.05) is 0 Å². The summed E-state index contributed by atoms with van der Waals surface area (Å²) < 4.78 is 16.7. The molecule has 67 heavy (non-hydrogen) atoms. The Bertz CT molecular complexity index is 1390. The fraction of sp³-hybridized carbons (Fsp3) is 0.656. The van der Waals surface area contributed by atoms with Crippen LogP contribution in [0, 0.1) is 0 Å². The van der Waals surface area contributed by atoms with Gasteiger partial charge in [-0.3, -0.25) is 14.4 Å². The van der Waals surface area contributed by atoms with Crippen LogP contribution in [0.2, 0.25) is 0 Å². The standard InChI is InChI=1S/C61H100O6/c1-4-7-10-13-16-18-20-22-24-25-26-27-28-29-30-31-32-33-34-35-36-37-38-40-41-43-45-48-51-54-60(63)66-57-58(56-65-59(62)53-50-47-15-12-9-6-3)67-61(64)55-52-49-46-44-42-39-23-21-19-17-14-11-8-5-2/h7,10,16,18,22,24,26-27,29-30,32-33,35-36,38,40,43,45,58H,4-6,8-9,11-15,17,19-21,23,25,28,31,34,37,39,41-42,44,46-57H2,1-3H3/b10-7-,18-16-,24-22-,27-26-,30-29-,33-32-,36-35-,40-38-,45-43-. The third-order valence-electron chi connectivity index (χ3n) is 11.3. The summed E-state index contributed by atoms with van der Waals surface area (Å²) in [4.78, 5) is 37.7. The van der Waals surface area contributed by atoms with E-state index in [-0.39, 0.29) is 37.5 Å². The second kappa shape index (κ2) is 54.7. The molecule has 6 nitrogen and oxygen atoms in total. The summed E-state index contributed by atoms with van der Waals surface area (Å²) in [5.41, 5.74) is 0. The molecule has 0 fully saturated rings. The highest BCUT2D eigenvalue weighted by Gasteiger charge is 2.19. The van der Waals surface area contributed by atoms with Gasteiger partial charge in [-0.05, 0) is 83.5 Å². The van der Waals surface area contributed by atoms with Gasteiger partial charge in [0.15, 0.2) is 6.10 Å². The Morgan fingerprint density at radius 2 is 0.582 bits per heavy atom. The molecule has 0 aliphatic carbocycles. The lowest BCUT2D eigenvalue weighted by molar-refractivity contribution is -0.167. The molecule has 1 atom stereocenters. The zero-order valence-electron chi connectivity index (χ0n) is 43.4. The van der Waals surface area contributed by atoms with E-state index in [1.165, 1.54) is 89.9 Å². The van der Waals surface area contributed by atoms with Crippen LogP contribution in [-0.4, -0.2) is 37.2 Å². The van der Waals surface area contributed by atoms with Crippen LogP contribution < -0.4 is 0 Å². The van der Waals surface area contributed by atoms with Gasteiger partial charge in [-0.25, -0.2) is 0 Å². The molecule has 380 valence electrons. The molecule has 0 aromatic heterocycles. The van der Waals surface area contributed by atoms with Crippen LogP contribution in [0.5, 0.6) is 0 Å². The van der Waals surface area contributed by atoms with Gasteiger partial charge in [0.25, 0.3) is 0 Å². The van der Waals surface area contributed by atoms with Crippen LogP contribution >= 0.6 is 0 Å². The smallest absolute Gasteiger partial charge is 0.306 e. The number of ether oxygens (including phenoxy) is 3. The first-order valence-corrected chi connectivity index (χ1v) is 27.4. The number of hydrogen-bond donors (Lipinski definition) is 0. The van der Waals surface area contributed by atoms with E-state index in [9.17, 15) is 14.4 Å². The molecular formula is C61H100O6. The summed E-state index contributed by atoms with van der Waals surface area (Å²) in [6.45, 7) is 6.41. The van der Waals surface area contributed by atoms with Crippen LogP contribution in [-0.2, 0) is 28.6 Å². The van der Waals surface area contributed by atoms with Crippen molar-refractivity contribution in [2.24, 2.45) is 0 Å². The summed E-state index contributed by atoms with van der Waals surface area (Å²) in [6, 6.07) is 0.